The summed E-state index contributed by atoms with van der Waals surface area (Å²) in [5, 5.41) is 7.21. The molecule has 0 aliphatic rings. The van der Waals surface area contributed by atoms with Crippen LogP contribution in [0, 0.1) is 6.92 Å². The molecule has 1 heterocycles. The zero-order chi connectivity index (χ0) is 15.2. The number of aromatic nitrogens is 1. The number of halogens is 1. The highest BCUT2D eigenvalue weighted by atomic mass is 35.5. The van der Waals surface area contributed by atoms with Gasteiger partial charge >= 0.3 is 0 Å². The molecule has 21 heavy (non-hydrogen) atoms. The second kappa shape index (κ2) is 7.52. The maximum atomic E-state index is 12.0. The van der Waals surface area contributed by atoms with Crippen molar-refractivity contribution >= 4 is 29.3 Å². The number of carbonyl (C=O) groups excluding carboxylic acids is 1. The minimum absolute atomic E-state index is 0.0111. The lowest BCUT2D eigenvalue weighted by Gasteiger charge is -2.11. The van der Waals surface area contributed by atoms with E-state index in [1.807, 2.05) is 44.2 Å². The third kappa shape index (κ3) is 5.10. The van der Waals surface area contributed by atoms with Gasteiger partial charge in [-0.25, -0.2) is 0 Å². The fourth-order valence-corrected chi connectivity index (χ4v) is 2.69. The molecule has 6 heteroatoms. The van der Waals surface area contributed by atoms with Crippen LogP contribution >= 0.6 is 23.4 Å². The maximum Gasteiger partial charge on any atom is 0.233 e. The Kier molecular flexibility index (Phi) is 5.70. The summed E-state index contributed by atoms with van der Waals surface area (Å²) < 4.78 is 5.05. The largest absolute Gasteiger partial charge is 0.359 e. The summed E-state index contributed by atoms with van der Waals surface area (Å²) in [4.78, 5) is 12.0. The van der Waals surface area contributed by atoms with Crippen LogP contribution in [0.5, 0.6) is 0 Å². The molecule has 112 valence electrons. The molecule has 2 rings (SSSR count). The highest BCUT2D eigenvalue weighted by Crippen LogP contribution is 2.19. The van der Waals surface area contributed by atoms with Gasteiger partial charge in [0.15, 0.2) is 5.76 Å². The van der Waals surface area contributed by atoms with Crippen molar-refractivity contribution in [3.05, 3.63) is 52.4 Å². The van der Waals surface area contributed by atoms with E-state index in [1.165, 1.54) is 0 Å². The van der Waals surface area contributed by atoms with E-state index < -0.39 is 0 Å². The molecule has 0 aliphatic carbocycles. The summed E-state index contributed by atoms with van der Waals surface area (Å²) in [6.07, 6.45) is 0. The van der Waals surface area contributed by atoms with Gasteiger partial charge in [-0.15, -0.1) is 11.8 Å². The normalized spacial score (nSPS) is 12.1. The molecule has 1 aromatic carbocycles. The van der Waals surface area contributed by atoms with Gasteiger partial charge in [-0.05, 0) is 31.5 Å². The Morgan fingerprint density at radius 2 is 2.14 bits per heavy atom. The van der Waals surface area contributed by atoms with E-state index in [0.29, 0.717) is 12.3 Å². The van der Waals surface area contributed by atoms with E-state index >= 15 is 0 Å². The van der Waals surface area contributed by atoms with E-state index in [4.69, 9.17) is 16.1 Å². The summed E-state index contributed by atoms with van der Waals surface area (Å²) in [5.41, 5.74) is 1.96. The van der Waals surface area contributed by atoms with Crippen LogP contribution in [0.4, 0.5) is 0 Å². The summed E-state index contributed by atoms with van der Waals surface area (Å²) in [6.45, 7) is 4.10. The molecule has 0 radical (unpaired) electrons. The first-order chi connectivity index (χ1) is 10.0. The van der Waals surface area contributed by atoms with Crippen molar-refractivity contribution < 1.29 is 9.32 Å². The van der Waals surface area contributed by atoms with Crippen molar-refractivity contribution in [3.8, 4) is 0 Å². The minimum atomic E-state index is -0.135. The van der Waals surface area contributed by atoms with E-state index in [9.17, 15) is 4.79 Å². The topological polar surface area (TPSA) is 55.1 Å². The number of aryl methyl sites for hydroxylation is 1. The van der Waals surface area contributed by atoms with Crippen LogP contribution in [-0.4, -0.2) is 16.3 Å². The maximum absolute atomic E-state index is 12.0. The molecule has 0 unspecified atom stereocenters. The van der Waals surface area contributed by atoms with Crippen LogP contribution in [0.25, 0.3) is 0 Å². The number of thioether (sulfide) groups is 1. The number of hydrogen-bond donors (Lipinski definition) is 1. The molecular formula is C15H17ClN2O2S. The van der Waals surface area contributed by atoms with E-state index in [2.05, 4.69) is 10.5 Å². The van der Waals surface area contributed by atoms with Gasteiger partial charge in [-0.3, -0.25) is 4.79 Å². The van der Waals surface area contributed by atoms with Crippen molar-refractivity contribution in [1.29, 1.82) is 0 Å². The van der Waals surface area contributed by atoms with Gasteiger partial charge < -0.3 is 9.84 Å². The molecule has 0 saturated heterocycles. The highest BCUT2D eigenvalue weighted by molar-refractivity contribution is 7.99. The third-order valence-electron chi connectivity index (χ3n) is 2.90. The predicted octanol–water partition coefficient (Wildman–Crippen LogP) is 3.57. The standard InChI is InChI=1S/C15H17ClN2O2S/c1-10-7-14(20-18-10)8-17-15(19)11(2)21-9-12-3-5-13(16)6-4-12/h3-7,11H,8-9H2,1-2H3,(H,17,19)/t11-/m0/s1. The Balaban J connectivity index is 1.75. The van der Waals surface area contributed by atoms with E-state index in [0.717, 1.165) is 22.0 Å². The van der Waals surface area contributed by atoms with Gasteiger partial charge in [0.2, 0.25) is 5.91 Å². The lowest BCUT2D eigenvalue weighted by Crippen LogP contribution is -2.30. The second-order valence-corrected chi connectivity index (χ2v) is 6.50. The van der Waals surface area contributed by atoms with E-state index in [1.54, 1.807) is 11.8 Å². The summed E-state index contributed by atoms with van der Waals surface area (Å²) in [6, 6.07) is 9.46. The van der Waals surface area contributed by atoms with Crippen molar-refractivity contribution in [2.45, 2.75) is 31.4 Å². The Morgan fingerprint density at radius 1 is 1.43 bits per heavy atom. The number of nitrogens with zero attached hydrogens (tertiary/aromatic N) is 1. The predicted molar refractivity (Wildman–Crippen MR) is 85.3 cm³/mol. The average molecular weight is 325 g/mol. The van der Waals surface area contributed by atoms with Gasteiger partial charge in [-0.1, -0.05) is 28.9 Å². The van der Waals surface area contributed by atoms with E-state index in [-0.39, 0.29) is 11.2 Å². The van der Waals surface area contributed by atoms with Crippen LogP contribution < -0.4 is 5.32 Å². The monoisotopic (exact) mass is 324 g/mol. The molecule has 1 atom stereocenters. The van der Waals surface area contributed by atoms with Gasteiger partial charge in [0, 0.05) is 16.8 Å². The molecular weight excluding hydrogens is 308 g/mol. The Bertz CT molecular complexity index is 598. The first-order valence-corrected chi connectivity index (χ1v) is 8.03. The summed E-state index contributed by atoms with van der Waals surface area (Å²) >= 11 is 7.42. The van der Waals surface area contributed by atoms with Crippen molar-refractivity contribution in [3.63, 3.8) is 0 Å². The average Bonchev–Trinajstić information content (AvgIpc) is 2.89. The first-order valence-electron chi connectivity index (χ1n) is 6.60. The quantitative estimate of drug-likeness (QED) is 0.882. The van der Waals surface area contributed by atoms with Gasteiger partial charge in [0.05, 0.1) is 17.5 Å². The fraction of sp³-hybridized carbons (Fsp3) is 0.333. The Morgan fingerprint density at radius 3 is 2.76 bits per heavy atom. The van der Waals surface area contributed by atoms with Crippen molar-refractivity contribution in [1.82, 2.24) is 10.5 Å². The number of hydrogen-bond acceptors (Lipinski definition) is 4. The molecule has 0 fully saturated rings. The molecule has 0 aliphatic heterocycles. The number of rotatable bonds is 6. The van der Waals surface area contributed by atoms with Crippen LogP contribution in [-0.2, 0) is 17.1 Å². The summed E-state index contributed by atoms with van der Waals surface area (Å²) in [5.74, 6) is 1.42. The zero-order valence-electron chi connectivity index (χ0n) is 11.9. The lowest BCUT2D eigenvalue weighted by atomic mass is 10.2. The number of amides is 1. The van der Waals surface area contributed by atoms with Crippen LogP contribution in [0.2, 0.25) is 5.02 Å². The molecule has 1 aromatic heterocycles. The Labute approximate surface area is 133 Å². The van der Waals surface area contributed by atoms with Crippen LogP contribution in [0.15, 0.2) is 34.9 Å². The third-order valence-corrected chi connectivity index (χ3v) is 4.36. The molecule has 4 nitrogen and oxygen atoms in total. The first kappa shape index (κ1) is 15.9. The molecule has 0 spiro atoms. The molecule has 2 aromatic rings. The van der Waals surface area contributed by atoms with Crippen molar-refractivity contribution in [2.24, 2.45) is 0 Å². The van der Waals surface area contributed by atoms with Crippen molar-refractivity contribution in [2.75, 3.05) is 0 Å². The number of carbonyl (C=O) groups is 1. The molecule has 0 saturated carbocycles. The van der Waals surface area contributed by atoms with Gasteiger partial charge in [0.25, 0.3) is 0 Å². The summed E-state index contributed by atoms with van der Waals surface area (Å²) in [7, 11) is 0. The zero-order valence-corrected chi connectivity index (χ0v) is 13.5. The second-order valence-electron chi connectivity index (χ2n) is 4.73. The van der Waals surface area contributed by atoms with Gasteiger partial charge in [0.1, 0.15) is 0 Å². The smallest absolute Gasteiger partial charge is 0.233 e. The SMILES string of the molecule is Cc1cc(CNC(=O)[C@H](C)SCc2ccc(Cl)cc2)on1. The molecule has 0 bridgehead atoms. The fourth-order valence-electron chi connectivity index (χ4n) is 1.70. The Hall–Kier alpha value is -1.46. The van der Waals surface area contributed by atoms with Gasteiger partial charge in [-0.2, -0.15) is 0 Å². The van der Waals surface area contributed by atoms with Crippen LogP contribution in [0.3, 0.4) is 0 Å². The lowest BCUT2D eigenvalue weighted by molar-refractivity contribution is -0.120. The molecule has 1 amide bonds. The number of benzene rings is 1. The number of nitrogens with one attached hydrogen (secondary N) is 1. The highest BCUT2D eigenvalue weighted by Gasteiger charge is 2.14. The minimum Gasteiger partial charge on any atom is -0.359 e. The van der Waals surface area contributed by atoms with Crippen LogP contribution in [0.1, 0.15) is 23.9 Å². The molecule has 1 N–H and O–H groups in total.